The van der Waals surface area contributed by atoms with Gasteiger partial charge < -0.3 is 0 Å². The molecular formula is C11H8ClF3N2S. The van der Waals surface area contributed by atoms with Gasteiger partial charge in [0.2, 0.25) is 0 Å². The Balaban J connectivity index is 2.38. The van der Waals surface area contributed by atoms with Gasteiger partial charge in [-0.25, -0.2) is 0 Å². The molecule has 0 saturated carbocycles. The molecule has 0 bridgehead atoms. The fourth-order valence-electron chi connectivity index (χ4n) is 1.34. The summed E-state index contributed by atoms with van der Waals surface area (Å²) in [6.45, 7) is 1.73. The Morgan fingerprint density at radius 1 is 1.28 bits per heavy atom. The first-order chi connectivity index (χ1) is 8.38. The van der Waals surface area contributed by atoms with Crippen LogP contribution in [0.4, 0.5) is 13.2 Å². The predicted molar refractivity (Wildman–Crippen MR) is 64.6 cm³/mol. The largest absolute Gasteiger partial charge is 0.416 e. The van der Waals surface area contributed by atoms with E-state index in [2.05, 4.69) is 10.2 Å². The van der Waals surface area contributed by atoms with E-state index in [-0.39, 0.29) is 5.38 Å². The van der Waals surface area contributed by atoms with E-state index >= 15 is 0 Å². The van der Waals surface area contributed by atoms with Crippen LogP contribution < -0.4 is 0 Å². The summed E-state index contributed by atoms with van der Waals surface area (Å²) in [6.07, 6.45) is -4.36. The lowest BCUT2D eigenvalue weighted by Crippen LogP contribution is -2.04. The van der Waals surface area contributed by atoms with Crippen LogP contribution in [0.15, 0.2) is 24.3 Å². The molecule has 1 atom stereocenters. The van der Waals surface area contributed by atoms with Gasteiger partial charge in [0.1, 0.15) is 10.0 Å². The molecule has 0 spiro atoms. The zero-order valence-corrected chi connectivity index (χ0v) is 10.8. The third-order valence-corrected chi connectivity index (χ3v) is 3.71. The van der Waals surface area contributed by atoms with E-state index in [0.717, 1.165) is 12.1 Å². The summed E-state index contributed by atoms with van der Waals surface area (Å²) in [5, 5.41) is 8.40. The van der Waals surface area contributed by atoms with Crippen LogP contribution >= 0.6 is 22.9 Å². The molecule has 0 fully saturated rings. The molecule has 0 radical (unpaired) electrons. The molecule has 1 unspecified atom stereocenters. The molecule has 0 amide bonds. The van der Waals surface area contributed by atoms with Crippen molar-refractivity contribution in [2.45, 2.75) is 18.5 Å². The fraction of sp³-hybridized carbons (Fsp3) is 0.273. The van der Waals surface area contributed by atoms with Crippen LogP contribution in [-0.2, 0) is 6.18 Å². The summed E-state index contributed by atoms with van der Waals surface area (Å²) < 4.78 is 37.7. The summed E-state index contributed by atoms with van der Waals surface area (Å²) >= 11 is 7.03. The zero-order chi connectivity index (χ0) is 13.3. The standard InChI is InChI=1S/C11H8ClF3N2S/c1-6(12)9-16-17-10(18-9)7-3-2-4-8(5-7)11(13,14)15/h2-6H,1H3. The topological polar surface area (TPSA) is 25.8 Å². The van der Waals surface area contributed by atoms with E-state index in [9.17, 15) is 13.2 Å². The Morgan fingerprint density at radius 2 is 2.00 bits per heavy atom. The van der Waals surface area contributed by atoms with Crippen molar-refractivity contribution in [1.29, 1.82) is 0 Å². The fourth-order valence-corrected chi connectivity index (χ4v) is 2.29. The van der Waals surface area contributed by atoms with Crippen LogP contribution in [0.1, 0.15) is 22.9 Å². The van der Waals surface area contributed by atoms with Crippen molar-refractivity contribution < 1.29 is 13.2 Å². The van der Waals surface area contributed by atoms with Crippen molar-refractivity contribution in [3.8, 4) is 10.6 Å². The van der Waals surface area contributed by atoms with Gasteiger partial charge in [-0.15, -0.1) is 21.8 Å². The highest BCUT2D eigenvalue weighted by molar-refractivity contribution is 7.15. The van der Waals surface area contributed by atoms with E-state index in [1.807, 2.05) is 0 Å². The molecule has 0 N–H and O–H groups in total. The Bertz CT molecular complexity index is 551. The maximum atomic E-state index is 12.6. The van der Waals surface area contributed by atoms with E-state index in [4.69, 9.17) is 11.6 Å². The van der Waals surface area contributed by atoms with Crippen LogP contribution in [-0.4, -0.2) is 10.2 Å². The van der Waals surface area contributed by atoms with Gasteiger partial charge in [0, 0.05) is 5.56 Å². The lowest BCUT2D eigenvalue weighted by Gasteiger charge is -2.06. The molecular weight excluding hydrogens is 285 g/mol. The zero-order valence-electron chi connectivity index (χ0n) is 9.20. The van der Waals surface area contributed by atoms with Gasteiger partial charge >= 0.3 is 6.18 Å². The summed E-state index contributed by atoms with van der Waals surface area (Å²) in [7, 11) is 0. The second-order valence-corrected chi connectivity index (χ2v) is 5.30. The first-order valence-electron chi connectivity index (χ1n) is 5.03. The molecule has 7 heteroatoms. The first-order valence-corrected chi connectivity index (χ1v) is 6.28. The summed E-state index contributed by atoms with van der Waals surface area (Å²) in [6, 6.07) is 5.00. The average Bonchev–Trinajstić information content (AvgIpc) is 2.77. The molecule has 0 aliphatic rings. The normalized spacial score (nSPS) is 13.6. The van der Waals surface area contributed by atoms with Crippen molar-refractivity contribution in [2.24, 2.45) is 0 Å². The second kappa shape index (κ2) is 4.85. The average molecular weight is 293 g/mol. The number of hydrogen-bond donors (Lipinski definition) is 0. The van der Waals surface area contributed by atoms with Crippen LogP contribution in [0.25, 0.3) is 10.6 Å². The van der Waals surface area contributed by atoms with Gasteiger partial charge in [0.05, 0.1) is 10.9 Å². The van der Waals surface area contributed by atoms with Crippen molar-refractivity contribution in [2.75, 3.05) is 0 Å². The van der Waals surface area contributed by atoms with Crippen molar-refractivity contribution in [3.05, 3.63) is 34.8 Å². The molecule has 18 heavy (non-hydrogen) atoms. The molecule has 2 aromatic rings. The highest BCUT2D eigenvalue weighted by atomic mass is 35.5. The van der Waals surface area contributed by atoms with Crippen molar-refractivity contribution in [1.82, 2.24) is 10.2 Å². The molecule has 1 heterocycles. The van der Waals surface area contributed by atoms with E-state index in [1.165, 1.54) is 17.4 Å². The summed E-state index contributed by atoms with van der Waals surface area (Å²) in [5.74, 6) is 0. The minimum absolute atomic E-state index is 0.304. The van der Waals surface area contributed by atoms with Crippen LogP contribution in [0.2, 0.25) is 0 Å². The number of hydrogen-bond acceptors (Lipinski definition) is 3. The van der Waals surface area contributed by atoms with Gasteiger partial charge in [-0.2, -0.15) is 13.2 Å². The molecule has 0 aliphatic carbocycles. The van der Waals surface area contributed by atoms with Crippen LogP contribution in [0, 0.1) is 0 Å². The lowest BCUT2D eigenvalue weighted by molar-refractivity contribution is -0.137. The lowest BCUT2D eigenvalue weighted by atomic mass is 10.1. The number of benzene rings is 1. The molecule has 0 saturated heterocycles. The van der Waals surface area contributed by atoms with E-state index in [0.29, 0.717) is 15.6 Å². The van der Waals surface area contributed by atoms with Gasteiger partial charge in [-0.3, -0.25) is 0 Å². The highest BCUT2D eigenvalue weighted by Crippen LogP contribution is 2.34. The highest BCUT2D eigenvalue weighted by Gasteiger charge is 2.30. The molecule has 1 aromatic carbocycles. The third-order valence-electron chi connectivity index (χ3n) is 2.22. The van der Waals surface area contributed by atoms with E-state index in [1.54, 1.807) is 13.0 Å². The van der Waals surface area contributed by atoms with Gasteiger partial charge in [0.15, 0.2) is 0 Å². The Morgan fingerprint density at radius 3 is 2.56 bits per heavy atom. The minimum Gasteiger partial charge on any atom is -0.166 e. The van der Waals surface area contributed by atoms with Crippen LogP contribution in [0.3, 0.4) is 0 Å². The number of nitrogens with zero attached hydrogens (tertiary/aromatic N) is 2. The number of halogens is 4. The van der Waals surface area contributed by atoms with Crippen molar-refractivity contribution >= 4 is 22.9 Å². The van der Waals surface area contributed by atoms with Crippen molar-refractivity contribution in [3.63, 3.8) is 0 Å². The monoisotopic (exact) mass is 292 g/mol. The molecule has 2 rings (SSSR count). The second-order valence-electron chi connectivity index (χ2n) is 3.64. The Labute approximate surface area is 110 Å². The smallest absolute Gasteiger partial charge is 0.166 e. The van der Waals surface area contributed by atoms with Gasteiger partial charge in [-0.05, 0) is 19.1 Å². The van der Waals surface area contributed by atoms with Crippen LogP contribution in [0.5, 0.6) is 0 Å². The molecule has 0 aliphatic heterocycles. The summed E-state index contributed by atoms with van der Waals surface area (Å²) in [5.41, 5.74) is -0.304. The quantitative estimate of drug-likeness (QED) is 0.760. The molecule has 1 aromatic heterocycles. The van der Waals surface area contributed by atoms with Gasteiger partial charge in [0.25, 0.3) is 0 Å². The Kier molecular flexibility index (Phi) is 3.59. The summed E-state index contributed by atoms with van der Waals surface area (Å²) in [4.78, 5) is 0. The maximum Gasteiger partial charge on any atom is 0.416 e. The molecule has 96 valence electrons. The van der Waals surface area contributed by atoms with E-state index < -0.39 is 11.7 Å². The minimum atomic E-state index is -4.36. The number of aromatic nitrogens is 2. The molecule has 2 nitrogen and oxygen atoms in total. The number of alkyl halides is 4. The maximum absolute atomic E-state index is 12.6. The van der Waals surface area contributed by atoms with Gasteiger partial charge in [-0.1, -0.05) is 23.5 Å². The SMILES string of the molecule is CC(Cl)c1nnc(-c2cccc(C(F)(F)F)c2)s1. The number of rotatable bonds is 2. The first kappa shape index (κ1) is 13.3. The predicted octanol–water partition coefficient (Wildman–Crippen LogP) is 4.52. The Hall–Kier alpha value is -1.14. The third kappa shape index (κ3) is 2.81.